The second-order valence-electron chi connectivity index (χ2n) is 8.52. The van der Waals surface area contributed by atoms with Crippen molar-refractivity contribution in [1.29, 1.82) is 0 Å². The summed E-state index contributed by atoms with van der Waals surface area (Å²) in [5.41, 5.74) is 1.23. The zero-order valence-electron chi connectivity index (χ0n) is 18.6. The maximum atomic E-state index is 13.5. The first-order valence-electron chi connectivity index (χ1n) is 10.7. The summed E-state index contributed by atoms with van der Waals surface area (Å²) in [5.74, 6) is -1.90. The maximum Gasteiger partial charge on any atom is 0.490 e. The third-order valence-corrected chi connectivity index (χ3v) is 6.38. The van der Waals surface area contributed by atoms with Crippen molar-refractivity contribution in [2.75, 3.05) is 25.5 Å². The fraction of sp³-hybridized carbons (Fsp3) is 0.391. The van der Waals surface area contributed by atoms with Gasteiger partial charge in [0.2, 0.25) is 5.91 Å². The molecule has 186 valence electrons. The molecule has 35 heavy (non-hydrogen) atoms. The Kier molecular flexibility index (Phi) is 6.07. The molecule has 2 aromatic rings. The van der Waals surface area contributed by atoms with E-state index in [-0.39, 0.29) is 5.91 Å². The van der Waals surface area contributed by atoms with Crippen molar-refractivity contribution in [1.82, 2.24) is 9.88 Å². The average molecular weight is 493 g/mol. The normalized spacial score (nSPS) is 21.7. The van der Waals surface area contributed by atoms with Gasteiger partial charge >= 0.3 is 18.2 Å². The Morgan fingerprint density at radius 2 is 1.94 bits per heavy atom. The number of alkyl halides is 3. The van der Waals surface area contributed by atoms with Crippen LogP contribution in [0.3, 0.4) is 0 Å². The van der Waals surface area contributed by atoms with Gasteiger partial charge in [0.25, 0.3) is 0 Å². The molecule has 2 amide bonds. The minimum atomic E-state index is -5.08. The van der Waals surface area contributed by atoms with E-state index in [2.05, 4.69) is 10.3 Å². The summed E-state index contributed by atoms with van der Waals surface area (Å²) in [6, 6.07) is 9.60. The number of pyridine rings is 1. The van der Waals surface area contributed by atoms with Crippen molar-refractivity contribution < 1.29 is 42.1 Å². The molecule has 2 N–H and O–H groups in total. The number of ether oxygens (including phenoxy) is 2. The molecular weight excluding hydrogens is 471 g/mol. The van der Waals surface area contributed by atoms with E-state index in [0.29, 0.717) is 25.2 Å². The highest BCUT2D eigenvalue weighted by atomic mass is 19.4. The second kappa shape index (κ2) is 8.75. The number of benzene rings is 1. The first-order chi connectivity index (χ1) is 16.5. The zero-order valence-corrected chi connectivity index (χ0v) is 18.6. The smallest absolute Gasteiger partial charge is 0.490 e. The van der Waals surface area contributed by atoms with Gasteiger partial charge in [-0.3, -0.25) is 15.1 Å². The molecule has 3 heterocycles. The molecule has 0 radical (unpaired) electrons. The largest absolute Gasteiger partial charge is 0.497 e. The van der Waals surface area contributed by atoms with Gasteiger partial charge in [-0.1, -0.05) is 12.1 Å². The summed E-state index contributed by atoms with van der Waals surface area (Å²) < 4.78 is 42.8. The predicted molar refractivity (Wildman–Crippen MR) is 115 cm³/mol. The molecule has 1 saturated carbocycles. The van der Waals surface area contributed by atoms with Crippen molar-refractivity contribution >= 4 is 23.7 Å². The summed E-state index contributed by atoms with van der Waals surface area (Å²) in [5, 5.41) is 9.82. The quantitative estimate of drug-likeness (QED) is 0.673. The van der Waals surface area contributed by atoms with Crippen molar-refractivity contribution in [2.45, 2.75) is 36.5 Å². The van der Waals surface area contributed by atoms with E-state index in [4.69, 9.17) is 19.4 Å². The molecule has 1 atom stereocenters. The van der Waals surface area contributed by atoms with Gasteiger partial charge in [0.15, 0.2) is 5.60 Å². The number of aromatic nitrogens is 1. The number of carbonyl (C=O) groups is 3. The highest BCUT2D eigenvalue weighted by Crippen LogP contribution is 2.52. The van der Waals surface area contributed by atoms with Gasteiger partial charge in [-0.2, -0.15) is 13.2 Å². The third-order valence-electron chi connectivity index (χ3n) is 6.38. The molecular formula is C23H22F3N3O6. The standard InChI is InChI=1S/C21H21N3O4.C2HF3O2/c1-27-15-4-2-3-14(11-15)20(6-7-20)18(25)24-10-8-21(13-24)16-5-9-22-12-17(16)23-19(26)28-21;3-2(4,5)1(6)7/h2-5,9,11-12H,6-8,10,13H2,1H3,(H,23,26);(H,6,7). The number of likely N-dealkylation sites (tertiary alicyclic amines) is 1. The lowest BCUT2D eigenvalue weighted by molar-refractivity contribution is -0.192. The number of hydrogen-bond donors (Lipinski definition) is 2. The highest BCUT2D eigenvalue weighted by Gasteiger charge is 2.57. The number of anilines is 1. The van der Waals surface area contributed by atoms with Crippen molar-refractivity contribution in [3.8, 4) is 5.75 Å². The molecule has 2 fully saturated rings. The molecule has 1 aromatic carbocycles. The van der Waals surface area contributed by atoms with Crippen molar-refractivity contribution in [2.24, 2.45) is 0 Å². The average Bonchev–Trinajstić information content (AvgIpc) is 3.54. The Morgan fingerprint density at radius 3 is 2.57 bits per heavy atom. The molecule has 1 aromatic heterocycles. The van der Waals surface area contributed by atoms with Crippen LogP contribution in [0.15, 0.2) is 42.7 Å². The van der Waals surface area contributed by atoms with E-state index in [1.807, 2.05) is 35.2 Å². The number of nitrogens with zero attached hydrogens (tertiary/aromatic N) is 2. The zero-order chi connectivity index (χ0) is 25.4. The Bertz CT molecular complexity index is 1170. The fourth-order valence-electron chi connectivity index (χ4n) is 4.49. The number of rotatable bonds is 3. The van der Waals surface area contributed by atoms with Crippen LogP contribution in [0.4, 0.5) is 23.7 Å². The van der Waals surface area contributed by atoms with Gasteiger partial charge in [0.05, 0.1) is 31.0 Å². The predicted octanol–water partition coefficient (Wildman–Crippen LogP) is 3.45. The Labute approximate surface area is 197 Å². The summed E-state index contributed by atoms with van der Waals surface area (Å²) in [6.45, 7) is 0.918. The molecule has 1 aliphatic carbocycles. The Morgan fingerprint density at radius 1 is 1.23 bits per heavy atom. The molecule has 2 aliphatic heterocycles. The molecule has 0 bridgehead atoms. The summed E-state index contributed by atoms with van der Waals surface area (Å²) in [7, 11) is 1.63. The SMILES string of the molecule is COc1cccc(C2(C(=O)N3CCC4(C3)OC(=O)Nc3cnccc34)CC2)c1.O=C(O)C(F)(F)F. The van der Waals surface area contributed by atoms with Crippen LogP contribution in [0.2, 0.25) is 0 Å². The topological polar surface area (TPSA) is 118 Å². The number of carbonyl (C=O) groups excluding carboxylic acids is 2. The minimum absolute atomic E-state index is 0.0998. The van der Waals surface area contributed by atoms with Gasteiger partial charge in [0.1, 0.15) is 5.75 Å². The molecule has 1 saturated heterocycles. The van der Waals surface area contributed by atoms with Crippen LogP contribution in [0, 0.1) is 0 Å². The number of carboxylic acid groups (broad SMARTS) is 1. The number of hydrogen-bond acceptors (Lipinski definition) is 6. The molecule has 3 aliphatic rings. The molecule has 9 nitrogen and oxygen atoms in total. The Balaban J connectivity index is 0.000000364. The first kappa shape index (κ1) is 24.3. The number of fused-ring (bicyclic) bond motifs is 2. The number of carboxylic acids is 1. The van der Waals surface area contributed by atoms with E-state index < -0.39 is 29.3 Å². The van der Waals surface area contributed by atoms with Gasteiger partial charge in [-0.15, -0.1) is 0 Å². The highest BCUT2D eigenvalue weighted by molar-refractivity contribution is 5.92. The van der Waals surface area contributed by atoms with Crippen LogP contribution < -0.4 is 10.1 Å². The van der Waals surface area contributed by atoms with Crippen LogP contribution in [0.5, 0.6) is 5.75 Å². The second-order valence-corrected chi connectivity index (χ2v) is 8.52. The van der Waals surface area contributed by atoms with E-state index in [9.17, 15) is 22.8 Å². The monoisotopic (exact) mass is 493 g/mol. The lowest BCUT2D eigenvalue weighted by Gasteiger charge is -2.35. The summed E-state index contributed by atoms with van der Waals surface area (Å²) in [4.78, 5) is 40.4. The molecule has 1 unspecified atom stereocenters. The summed E-state index contributed by atoms with van der Waals surface area (Å²) >= 11 is 0. The van der Waals surface area contributed by atoms with Gasteiger partial charge in [0, 0.05) is 24.7 Å². The van der Waals surface area contributed by atoms with Crippen LogP contribution >= 0.6 is 0 Å². The van der Waals surface area contributed by atoms with Crippen LogP contribution in [0.25, 0.3) is 0 Å². The molecule has 1 spiro atoms. The Hall–Kier alpha value is -3.83. The van der Waals surface area contributed by atoms with Crippen molar-refractivity contribution in [3.05, 3.63) is 53.9 Å². The third kappa shape index (κ3) is 4.60. The van der Waals surface area contributed by atoms with Crippen LogP contribution in [-0.2, 0) is 25.3 Å². The van der Waals surface area contributed by atoms with Crippen molar-refractivity contribution in [3.63, 3.8) is 0 Å². The molecule has 5 rings (SSSR count). The lowest BCUT2D eigenvalue weighted by atomic mass is 9.90. The van der Waals surface area contributed by atoms with Gasteiger partial charge < -0.3 is 19.5 Å². The summed E-state index contributed by atoms with van der Waals surface area (Å²) in [6.07, 6.45) is -0.0410. The van der Waals surface area contributed by atoms with E-state index >= 15 is 0 Å². The van der Waals surface area contributed by atoms with E-state index in [0.717, 1.165) is 29.7 Å². The minimum Gasteiger partial charge on any atom is -0.497 e. The first-order valence-corrected chi connectivity index (χ1v) is 10.7. The number of halogens is 3. The maximum absolute atomic E-state index is 13.5. The fourth-order valence-corrected chi connectivity index (χ4v) is 4.49. The molecule has 12 heteroatoms. The number of methoxy groups -OCH3 is 1. The van der Waals surface area contributed by atoms with E-state index in [1.165, 1.54) is 0 Å². The van der Waals surface area contributed by atoms with Gasteiger partial charge in [-0.25, -0.2) is 9.59 Å². The number of amides is 2. The lowest BCUT2D eigenvalue weighted by Crippen LogP contribution is -2.44. The van der Waals surface area contributed by atoms with Crippen LogP contribution in [0.1, 0.15) is 30.4 Å². The van der Waals surface area contributed by atoms with E-state index in [1.54, 1.807) is 19.5 Å². The number of aliphatic carboxylic acids is 1. The van der Waals surface area contributed by atoms with Crippen LogP contribution in [-0.4, -0.2) is 59.3 Å². The van der Waals surface area contributed by atoms with Gasteiger partial charge in [-0.05, 0) is 36.6 Å². The number of nitrogens with one attached hydrogen (secondary N) is 1.